The third-order valence-corrected chi connectivity index (χ3v) is 2.41. The standard InChI is InChI=1S/C10H12N/c1-11-10-7-6-8-4-2-3-5-9(8)10/h2-5,10H,6-7H2,1H3/q-1/t10-/m1/s1. The molecule has 1 aliphatic carbocycles. The zero-order chi connectivity index (χ0) is 7.68. The number of aryl methyl sites for hydroxylation is 1. The smallest absolute Gasteiger partial charge is 0.0287 e. The fourth-order valence-corrected chi connectivity index (χ4v) is 1.80. The highest BCUT2D eigenvalue weighted by Crippen LogP contribution is 2.35. The van der Waals surface area contributed by atoms with Gasteiger partial charge < -0.3 is 5.32 Å². The van der Waals surface area contributed by atoms with Gasteiger partial charge in [0.2, 0.25) is 0 Å². The molecule has 0 heterocycles. The summed E-state index contributed by atoms with van der Waals surface area (Å²) >= 11 is 0. The van der Waals surface area contributed by atoms with Crippen LogP contribution in [-0.2, 0) is 6.42 Å². The maximum atomic E-state index is 4.33. The summed E-state index contributed by atoms with van der Waals surface area (Å²) in [6, 6.07) is 9.09. The van der Waals surface area contributed by atoms with Crippen molar-refractivity contribution in [2.24, 2.45) is 0 Å². The molecule has 1 aromatic carbocycles. The van der Waals surface area contributed by atoms with Crippen LogP contribution in [0.25, 0.3) is 5.32 Å². The second kappa shape index (κ2) is 2.67. The van der Waals surface area contributed by atoms with E-state index in [9.17, 15) is 0 Å². The Labute approximate surface area is 67.4 Å². The molecule has 0 N–H and O–H groups in total. The van der Waals surface area contributed by atoms with Gasteiger partial charge >= 0.3 is 0 Å². The minimum absolute atomic E-state index is 0.478. The Bertz CT molecular complexity index is 255. The van der Waals surface area contributed by atoms with Crippen molar-refractivity contribution >= 4 is 0 Å². The molecule has 2 rings (SSSR count). The van der Waals surface area contributed by atoms with Gasteiger partial charge in [0.15, 0.2) is 0 Å². The Balaban J connectivity index is 2.39. The summed E-state index contributed by atoms with van der Waals surface area (Å²) in [7, 11) is 1.91. The zero-order valence-electron chi connectivity index (χ0n) is 6.75. The van der Waals surface area contributed by atoms with Crippen LogP contribution in [0.5, 0.6) is 0 Å². The van der Waals surface area contributed by atoms with Crippen LogP contribution >= 0.6 is 0 Å². The molecule has 0 aromatic heterocycles. The molecule has 0 spiro atoms. The van der Waals surface area contributed by atoms with Crippen LogP contribution in [0, 0.1) is 0 Å². The fourth-order valence-electron chi connectivity index (χ4n) is 1.80. The predicted octanol–water partition coefficient (Wildman–Crippen LogP) is 2.68. The summed E-state index contributed by atoms with van der Waals surface area (Å²) in [5, 5.41) is 4.33. The molecule has 0 amide bonds. The van der Waals surface area contributed by atoms with Crippen molar-refractivity contribution in [2.75, 3.05) is 7.05 Å². The molecule has 1 atom stereocenters. The number of nitrogens with zero attached hydrogens (tertiary/aromatic N) is 1. The highest BCUT2D eigenvalue weighted by atomic mass is 14.9. The van der Waals surface area contributed by atoms with Gasteiger partial charge in [0.1, 0.15) is 0 Å². The van der Waals surface area contributed by atoms with Crippen LogP contribution in [-0.4, -0.2) is 7.05 Å². The Morgan fingerprint density at radius 3 is 3.00 bits per heavy atom. The molecule has 0 fully saturated rings. The van der Waals surface area contributed by atoms with Gasteiger partial charge in [0.25, 0.3) is 0 Å². The quantitative estimate of drug-likeness (QED) is 0.578. The Kier molecular flexibility index (Phi) is 1.66. The fraction of sp³-hybridized carbons (Fsp3) is 0.400. The lowest BCUT2D eigenvalue weighted by Crippen LogP contribution is -1.88. The van der Waals surface area contributed by atoms with Crippen molar-refractivity contribution in [3.8, 4) is 0 Å². The summed E-state index contributed by atoms with van der Waals surface area (Å²) in [4.78, 5) is 0. The highest BCUT2D eigenvalue weighted by molar-refractivity contribution is 5.36. The number of fused-ring (bicyclic) bond motifs is 1. The highest BCUT2D eigenvalue weighted by Gasteiger charge is 2.12. The van der Waals surface area contributed by atoms with Crippen molar-refractivity contribution in [2.45, 2.75) is 18.9 Å². The van der Waals surface area contributed by atoms with Gasteiger partial charge in [-0.05, 0) is 12.0 Å². The summed E-state index contributed by atoms with van der Waals surface area (Å²) in [5.41, 5.74) is 2.93. The largest absolute Gasteiger partial charge is 0.658 e. The molecule has 0 saturated heterocycles. The number of hydrogen-bond acceptors (Lipinski definition) is 0. The maximum absolute atomic E-state index is 4.33. The number of rotatable bonds is 1. The van der Waals surface area contributed by atoms with Crippen LogP contribution < -0.4 is 0 Å². The van der Waals surface area contributed by atoms with E-state index in [2.05, 4.69) is 29.6 Å². The molecule has 0 saturated carbocycles. The lowest BCUT2D eigenvalue weighted by atomic mass is 10.1. The van der Waals surface area contributed by atoms with E-state index in [0.717, 1.165) is 0 Å². The maximum Gasteiger partial charge on any atom is -0.0287 e. The average molecular weight is 146 g/mol. The Hall–Kier alpha value is -0.820. The zero-order valence-corrected chi connectivity index (χ0v) is 6.75. The molecule has 1 heteroatoms. The second-order valence-corrected chi connectivity index (χ2v) is 3.01. The molecule has 0 aliphatic heterocycles. The number of benzene rings is 1. The topological polar surface area (TPSA) is 14.1 Å². The van der Waals surface area contributed by atoms with Crippen molar-refractivity contribution in [1.82, 2.24) is 0 Å². The SMILES string of the molecule is C[N-][C@@H]1CCc2ccccc21. The van der Waals surface area contributed by atoms with Crippen LogP contribution in [0.1, 0.15) is 23.6 Å². The second-order valence-electron chi connectivity index (χ2n) is 3.01. The van der Waals surface area contributed by atoms with Crippen molar-refractivity contribution in [1.29, 1.82) is 0 Å². The number of hydrogen-bond donors (Lipinski definition) is 0. The van der Waals surface area contributed by atoms with Gasteiger partial charge in [-0.25, -0.2) is 0 Å². The van der Waals surface area contributed by atoms with Crippen LogP contribution in [0.3, 0.4) is 0 Å². The lowest BCUT2D eigenvalue weighted by Gasteiger charge is -2.22. The van der Waals surface area contributed by atoms with Gasteiger partial charge in [-0.2, -0.15) is 7.05 Å². The molecule has 1 aliphatic rings. The van der Waals surface area contributed by atoms with Crippen LogP contribution in [0.15, 0.2) is 24.3 Å². The van der Waals surface area contributed by atoms with Gasteiger partial charge in [0, 0.05) is 0 Å². The summed E-state index contributed by atoms with van der Waals surface area (Å²) < 4.78 is 0. The molecule has 11 heavy (non-hydrogen) atoms. The molecule has 0 radical (unpaired) electrons. The third-order valence-electron chi connectivity index (χ3n) is 2.41. The van der Waals surface area contributed by atoms with Crippen LogP contribution in [0.2, 0.25) is 0 Å². The molecular weight excluding hydrogens is 134 g/mol. The minimum atomic E-state index is 0.478. The van der Waals surface area contributed by atoms with E-state index in [1.54, 1.807) is 0 Å². The molecule has 58 valence electrons. The van der Waals surface area contributed by atoms with Crippen molar-refractivity contribution in [3.63, 3.8) is 0 Å². The first-order valence-electron chi connectivity index (χ1n) is 4.08. The van der Waals surface area contributed by atoms with Gasteiger partial charge in [-0.1, -0.05) is 36.2 Å². The van der Waals surface area contributed by atoms with E-state index in [-0.39, 0.29) is 0 Å². The average Bonchev–Trinajstić information content (AvgIpc) is 2.47. The summed E-state index contributed by atoms with van der Waals surface area (Å²) in [6.07, 6.45) is 2.41. The van der Waals surface area contributed by atoms with Crippen LogP contribution in [0.4, 0.5) is 0 Å². The van der Waals surface area contributed by atoms with E-state index in [1.165, 1.54) is 24.0 Å². The minimum Gasteiger partial charge on any atom is -0.658 e. The normalized spacial score (nSPS) is 21.7. The first-order chi connectivity index (χ1) is 5.42. The van der Waals surface area contributed by atoms with E-state index in [0.29, 0.717) is 6.04 Å². The molecule has 0 unspecified atom stereocenters. The molecular formula is C10H12N-. The van der Waals surface area contributed by atoms with Gasteiger partial charge in [-0.3, -0.25) is 0 Å². The summed E-state index contributed by atoms with van der Waals surface area (Å²) in [6.45, 7) is 0. The van der Waals surface area contributed by atoms with Crippen molar-refractivity contribution in [3.05, 3.63) is 40.7 Å². The molecule has 0 bridgehead atoms. The predicted molar refractivity (Wildman–Crippen MR) is 46.8 cm³/mol. The first kappa shape index (κ1) is 6.86. The molecule has 1 nitrogen and oxygen atoms in total. The van der Waals surface area contributed by atoms with Gasteiger partial charge in [-0.15, -0.1) is 6.04 Å². The Morgan fingerprint density at radius 1 is 1.36 bits per heavy atom. The monoisotopic (exact) mass is 146 g/mol. The van der Waals surface area contributed by atoms with E-state index < -0.39 is 0 Å². The third kappa shape index (κ3) is 1.05. The van der Waals surface area contributed by atoms with E-state index in [1.807, 2.05) is 7.05 Å². The first-order valence-corrected chi connectivity index (χ1v) is 4.08. The molecule has 1 aromatic rings. The van der Waals surface area contributed by atoms with E-state index in [4.69, 9.17) is 0 Å². The lowest BCUT2D eigenvalue weighted by molar-refractivity contribution is 0.783. The van der Waals surface area contributed by atoms with E-state index >= 15 is 0 Å². The Morgan fingerprint density at radius 2 is 2.18 bits per heavy atom. The van der Waals surface area contributed by atoms with Gasteiger partial charge in [0.05, 0.1) is 0 Å². The summed E-state index contributed by atoms with van der Waals surface area (Å²) in [5.74, 6) is 0. The van der Waals surface area contributed by atoms with Crippen molar-refractivity contribution < 1.29 is 0 Å².